The van der Waals surface area contributed by atoms with Gasteiger partial charge in [-0.05, 0) is 36.6 Å². The number of halogens is 1. The number of hydrogen-bond acceptors (Lipinski definition) is 4. The van der Waals surface area contributed by atoms with Gasteiger partial charge in [-0.15, -0.1) is 0 Å². The van der Waals surface area contributed by atoms with E-state index in [1.165, 1.54) is 18.7 Å². The first-order valence-corrected chi connectivity index (χ1v) is 7.98. The van der Waals surface area contributed by atoms with Crippen molar-refractivity contribution >= 4 is 23.4 Å². The van der Waals surface area contributed by atoms with Crippen LogP contribution in [0.2, 0.25) is 5.02 Å². The van der Waals surface area contributed by atoms with E-state index in [1.54, 1.807) is 12.1 Å². The Kier molecular flexibility index (Phi) is 5.99. The van der Waals surface area contributed by atoms with Gasteiger partial charge in [-0.2, -0.15) is 0 Å². The number of esters is 1. The lowest BCUT2D eigenvalue weighted by Gasteiger charge is -2.13. The van der Waals surface area contributed by atoms with E-state index in [2.05, 4.69) is 17.7 Å². The Bertz CT molecular complexity index is 768. The minimum Gasteiger partial charge on any atom is -0.489 e. The summed E-state index contributed by atoms with van der Waals surface area (Å²) < 4.78 is 10.3. The number of hydrogen-bond donors (Lipinski definition) is 0. The van der Waals surface area contributed by atoms with Crippen molar-refractivity contribution in [1.82, 2.24) is 0 Å². The lowest BCUT2D eigenvalue weighted by atomic mass is 10.0. The molecule has 0 N–H and O–H groups in total. The fourth-order valence-corrected chi connectivity index (χ4v) is 2.59. The van der Waals surface area contributed by atoms with Crippen molar-refractivity contribution in [2.75, 3.05) is 7.11 Å². The highest BCUT2D eigenvalue weighted by Crippen LogP contribution is 2.25. The summed E-state index contributed by atoms with van der Waals surface area (Å²) in [5, 5.41) is 0.368. The van der Waals surface area contributed by atoms with Gasteiger partial charge < -0.3 is 9.47 Å². The van der Waals surface area contributed by atoms with Gasteiger partial charge in [0.25, 0.3) is 5.78 Å². The molecule has 0 aromatic heterocycles. The van der Waals surface area contributed by atoms with Crippen LogP contribution in [0.1, 0.15) is 34.0 Å². The van der Waals surface area contributed by atoms with E-state index < -0.39 is 11.8 Å². The summed E-state index contributed by atoms with van der Waals surface area (Å²) in [5.41, 5.74) is 2.88. The molecule has 0 atom stereocenters. The molecule has 0 radical (unpaired) electrons. The molecular formula is C19H19ClO4. The Morgan fingerprint density at radius 1 is 1.17 bits per heavy atom. The van der Waals surface area contributed by atoms with Gasteiger partial charge in [0.15, 0.2) is 0 Å². The van der Waals surface area contributed by atoms with Gasteiger partial charge in [0, 0.05) is 16.1 Å². The Hall–Kier alpha value is -2.33. The summed E-state index contributed by atoms with van der Waals surface area (Å²) in [6, 6.07) is 10.8. The molecule has 0 spiro atoms. The summed E-state index contributed by atoms with van der Waals surface area (Å²) in [6.07, 6.45) is 0.948. The van der Waals surface area contributed by atoms with Gasteiger partial charge in [-0.1, -0.05) is 42.8 Å². The largest absolute Gasteiger partial charge is 0.489 e. The van der Waals surface area contributed by atoms with Crippen molar-refractivity contribution in [3.8, 4) is 5.75 Å². The summed E-state index contributed by atoms with van der Waals surface area (Å²) in [7, 11) is 1.17. The van der Waals surface area contributed by atoms with Crippen LogP contribution in [0.3, 0.4) is 0 Å². The molecule has 0 saturated carbocycles. The van der Waals surface area contributed by atoms with E-state index in [1.807, 2.05) is 19.1 Å². The predicted molar refractivity (Wildman–Crippen MR) is 92.7 cm³/mol. The molecule has 126 valence electrons. The van der Waals surface area contributed by atoms with Gasteiger partial charge in [0.1, 0.15) is 12.4 Å². The average molecular weight is 347 g/mol. The second-order valence-corrected chi connectivity index (χ2v) is 5.74. The molecular weight excluding hydrogens is 328 g/mol. The van der Waals surface area contributed by atoms with Gasteiger partial charge in [-0.3, -0.25) is 4.79 Å². The smallest absolute Gasteiger partial charge is 0.379 e. The van der Waals surface area contributed by atoms with Crippen LogP contribution in [0.4, 0.5) is 0 Å². The molecule has 5 heteroatoms. The third kappa shape index (κ3) is 3.95. The first-order valence-electron chi connectivity index (χ1n) is 7.60. The summed E-state index contributed by atoms with van der Waals surface area (Å²) in [6.45, 7) is 4.13. The number of ether oxygens (including phenoxy) is 2. The molecule has 0 aliphatic carbocycles. The summed E-state index contributed by atoms with van der Waals surface area (Å²) in [4.78, 5) is 23.6. The number of aryl methyl sites for hydroxylation is 2. The number of methoxy groups -OCH3 is 1. The molecule has 0 saturated heterocycles. The standard InChI is InChI=1S/C19H19ClO4/c1-4-13-8-9-17(12(2)10-13)24-11-15-14(6-5-7-16(15)20)18(21)19(22)23-3/h5-10H,4,11H2,1-3H3. The first-order chi connectivity index (χ1) is 11.5. The molecule has 0 amide bonds. The zero-order valence-electron chi connectivity index (χ0n) is 13.9. The molecule has 0 fully saturated rings. The van der Waals surface area contributed by atoms with Crippen LogP contribution in [-0.2, 0) is 22.6 Å². The van der Waals surface area contributed by atoms with E-state index in [-0.39, 0.29) is 12.2 Å². The minimum atomic E-state index is -0.929. The molecule has 2 aromatic rings. The fraction of sp³-hybridized carbons (Fsp3) is 0.263. The second-order valence-electron chi connectivity index (χ2n) is 5.33. The van der Waals surface area contributed by atoms with Crippen molar-refractivity contribution in [2.24, 2.45) is 0 Å². The molecule has 0 unspecified atom stereocenters. The average Bonchev–Trinajstić information content (AvgIpc) is 2.59. The van der Waals surface area contributed by atoms with Gasteiger partial charge >= 0.3 is 5.97 Å². The van der Waals surface area contributed by atoms with Crippen LogP contribution >= 0.6 is 11.6 Å². The van der Waals surface area contributed by atoms with E-state index >= 15 is 0 Å². The lowest BCUT2D eigenvalue weighted by molar-refractivity contribution is -0.135. The molecule has 4 nitrogen and oxygen atoms in total. The highest BCUT2D eigenvalue weighted by molar-refractivity contribution is 6.42. The number of benzene rings is 2. The summed E-state index contributed by atoms with van der Waals surface area (Å²) in [5.74, 6) is -0.956. The molecule has 0 aliphatic rings. The molecule has 0 bridgehead atoms. The van der Waals surface area contributed by atoms with Crippen LogP contribution in [0.5, 0.6) is 5.75 Å². The van der Waals surface area contributed by atoms with Crippen molar-refractivity contribution in [3.05, 3.63) is 63.7 Å². The SMILES string of the molecule is CCc1ccc(OCc2c(Cl)cccc2C(=O)C(=O)OC)c(C)c1. The van der Waals surface area contributed by atoms with Gasteiger partial charge in [-0.25, -0.2) is 4.79 Å². The lowest BCUT2D eigenvalue weighted by Crippen LogP contribution is -2.18. The Balaban J connectivity index is 2.27. The maximum Gasteiger partial charge on any atom is 0.379 e. The molecule has 0 heterocycles. The normalized spacial score (nSPS) is 10.3. The number of Topliss-reactive ketones (excluding diaryl/α,β-unsaturated/α-hetero) is 1. The topological polar surface area (TPSA) is 52.6 Å². The third-order valence-electron chi connectivity index (χ3n) is 3.75. The maximum absolute atomic E-state index is 12.1. The van der Waals surface area contributed by atoms with E-state index in [0.717, 1.165) is 12.0 Å². The van der Waals surface area contributed by atoms with E-state index in [4.69, 9.17) is 16.3 Å². The Morgan fingerprint density at radius 2 is 1.92 bits per heavy atom. The highest BCUT2D eigenvalue weighted by Gasteiger charge is 2.22. The van der Waals surface area contributed by atoms with Crippen LogP contribution in [0.15, 0.2) is 36.4 Å². The van der Waals surface area contributed by atoms with Crippen molar-refractivity contribution < 1.29 is 19.1 Å². The number of carbonyl (C=O) groups is 2. The summed E-state index contributed by atoms with van der Waals surface area (Å²) >= 11 is 6.19. The number of carbonyl (C=O) groups excluding carboxylic acids is 2. The van der Waals surface area contributed by atoms with Crippen LogP contribution in [-0.4, -0.2) is 18.9 Å². The molecule has 2 aromatic carbocycles. The van der Waals surface area contributed by atoms with Crippen LogP contribution < -0.4 is 4.74 Å². The monoisotopic (exact) mass is 346 g/mol. The Labute approximate surface area is 146 Å². The highest BCUT2D eigenvalue weighted by atomic mass is 35.5. The zero-order chi connectivity index (χ0) is 17.7. The first kappa shape index (κ1) is 18.0. The third-order valence-corrected chi connectivity index (χ3v) is 4.11. The molecule has 0 aliphatic heterocycles. The van der Waals surface area contributed by atoms with E-state index in [9.17, 15) is 9.59 Å². The predicted octanol–water partition coefficient (Wildman–Crippen LogP) is 4.15. The molecule has 24 heavy (non-hydrogen) atoms. The van der Waals surface area contributed by atoms with E-state index in [0.29, 0.717) is 16.3 Å². The Morgan fingerprint density at radius 3 is 2.54 bits per heavy atom. The van der Waals surface area contributed by atoms with Gasteiger partial charge in [0.05, 0.1) is 7.11 Å². The zero-order valence-corrected chi connectivity index (χ0v) is 14.6. The van der Waals surface area contributed by atoms with Crippen LogP contribution in [0.25, 0.3) is 0 Å². The van der Waals surface area contributed by atoms with Crippen LogP contribution in [0, 0.1) is 6.92 Å². The maximum atomic E-state index is 12.1. The van der Waals surface area contributed by atoms with Gasteiger partial charge in [0.2, 0.25) is 0 Å². The number of ketones is 1. The van der Waals surface area contributed by atoms with Crippen molar-refractivity contribution in [3.63, 3.8) is 0 Å². The number of rotatable bonds is 6. The van der Waals surface area contributed by atoms with Crippen molar-refractivity contribution in [1.29, 1.82) is 0 Å². The van der Waals surface area contributed by atoms with Crippen molar-refractivity contribution in [2.45, 2.75) is 26.9 Å². The second kappa shape index (κ2) is 7.97. The fourth-order valence-electron chi connectivity index (χ4n) is 2.36. The quantitative estimate of drug-likeness (QED) is 0.448. The molecule has 2 rings (SSSR count). The minimum absolute atomic E-state index is 0.0874.